The molecule has 3 aromatic heterocycles. The van der Waals surface area contributed by atoms with Crippen molar-refractivity contribution >= 4 is 0 Å². The average molecular weight is 350 g/mol. The Hall–Kier alpha value is -2.77. The van der Waals surface area contributed by atoms with Gasteiger partial charge in [0.2, 0.25) is 5.88 Å². The van der Waals surface area contributed by atoms with Crippen molar-refractivity contribution in [3.63, 3.8) is 0 Å². The van der Waals surface area contributed by atoms with Crippen molar-refractivity contribution in [2.75, 3.05) is 33.2 Å². The second kappa shape index (κ2) is 7.63. The highest BCUT2D eigenvalue weighted by molar-refractivity contribution is 5.57. The topological polar surface area (TPSA) is 70.2 Å². The molecule has 4 heterocycles. The zero-order valence-electron chi connectivity index (χ0n) is 14.8. The molecule has 0 bridgehead atoms. The Morgan fingerprint density at radius 1 is 1.00 bits per heavy atom. The van der Waals surface area contributed by atoms with Crippen LogP contribution in [0.25, 0.3) is 11.3 Å². The van der Waals surface area contributed by atoms with Crippen LogP contribution in [0.3, 0.4) is 0 Å². The van der Waals surface area contributed by atoms with Crippen LogP contribution in [0.4, 0.5) is 0 Å². The summed E-state index contributed by atoms with van der Waals surface area (Å²) in [5.41, 5.74) is 2.96. The number of piperazine rings is 1. The lowest BCUT2D eigenvalue weighted by atomic mass is 10.2. The van der Waals surface area contributed by atoms with Gasteiger partial charge in [-0.25, -0.2) is 4.98 Å². The van der Waals surface area contributed by atoms with Gasteiger partial charge in [-0.1, -0.05) is 0 Å². The predicted molar refractivity (Wildman–Crippen MR) is 98.9 cm³/mol. The van der Waals surface area contributed by atoms with Crippen LogP contribution in [0.2, 0.25) is 0 Å². The third kappa shape index (κ3) is 4.07. The zero-order valence-corrected chi connectivity index (χ0v) is 14.8. The summed E-state index contributed by atoms with van der Waals surface area (Å²) in [6.07, 6.45) is 5.24. The van der Waals surface area contributed by atoms with Gasteiger partial charge in [0.1, 0.15) is 5.75 Å². The molecule has 1 aliphatic heterocycles. The molecule has 1 aliphatic rings. The van der Waals surface area contributed by atoms with E-state index in [1.165, 1.54) is 0 Å². The number of nitrogens with one attached hydrogen (secondary N) is 1. The summed E-state index contributed by atoms with van der Waals surface area (Å²) in [7, 11) is 2.16. The number of likely N-dealkylation sites (N-methyl/N-ethyl adjacent to an activating group) is 1. The van der Waals surface area contributed by atoms with Crippen LogP contribution >= 0.6 is 0 Å². The number of aromatic nitrogens is 4. The van der Waals surface area contributed by atoms with E-state index in [9.17, 15) is 0 Å². The van der Waals surface area contributed by atoms with E-state index >= 15 is 0 Å². The van der Waals surface area contributed by atoms with E-state index in [1.807, 2.05) is 30.3 Å². The number of hydrogen-bond donors (Lipinski definition) is 1. The summed E-state index contributed by atoms with van der Waals surface area (Å²) in [6, 6.07) is 9.66. The Kier molecular flexibility index (Phi) is 4.90. The molecule has 3 aromatic rings. The summed E-state index contributed by atoms with van der Waals surface area (Å²) in [4.78, 5) is 13.6. The molecule has 4 rings (SSSR count). The Labute approximate surface area is 152 Å². The zero-order chi connectivity index (χ0) is 17.8. The Morgan fingerprint density at radius 3 is 2.54 bits per heavy atom. The monoisotopic (exact) mass is 350 g/mol. The highest BCUT2D eigenvalue weighted by Crippen LogP contribution is 2.22. The fourth-order valence-corrected chi connectivity index (χ4v) is 2.94. The summed E-state index contributed by atoms with van der Waals surface area (Å²) < 4.78 is 5.79. The molecule has 0 atom stereocenters. The van der Waals surface area contributed by atoms with Crippen molar-refractivity contribution in [1.82, 2.24) is 30.0 Å². The number of rotatable bonds is 5. The van der Waals surface area contributed by atoms with Gasteiger partial charge in [0.25, 0.3) is 0 Å². The van der Waals surface area contributed by atoms with Crippen molar-refractivity contribution in [2.45, 2.75) is 6.54 Å². The predicted octanol–water partition coefficient (Wildman–Crippen LogP) is 2.41. The molecule has 1 N–H and O–H groups in total. The molecule has 0 spiro atoms. The lowest BCUT2D eigenvalue weighted by molar-refractivity contribution is 0.147. The van der Waals surface area contributed by atoms with Crippen LogP contribution in [-0.4, -0.2) is 63.2 Å². The van der Waals surface area contributed by atoms with Gasteiger partial charge < -0.3 is 9.64 Å². The third-order valence-corrected chi connectivity index (χ3v) is 4.55. The molecule has 0 saturated carbocycles. The van der Waals surface area contributed by atoms with Crippen LogP contribution in [0, 0.1) is 0 Å². The quantitative estimate of drug-likeness (QED) is 0.762. The normalized spacial score (nSPS) is 15.9. The van der Waals surface area contributed by atoms with Gasteiger partial charge >= 0.3 is 0 Å². The van der Waals surface area contributed by atoms with Gasteiger partial charge in [-0.15, -0.1) is 0 Å². The van der Waals surface area contributed by atoms with Crippen molar-refractivity contribution < 1.29 is 4.74 Å². The van der Waals surface area contributed by atoms with Gasteiger partial charge in [0, 0.05) is 56.7 Å². The standard InChI is InChI=1S/C19H22N6O/c1-24-8-10-25(11-9-24)14-16-3-4-17(13-20-16)26-19-5-2-15(12-21-19)18-6-7-22-23-18/h2-7,12-13H,8-11,14H2,1H3,(H,22,23). The number of hydrogen-bond acceptors (Lipinski definition) is 6. The molecule has 1 fully saturated rings. The third-order valence-electron chi connectivity index (χ3n) is 4.55. The SMILES string of the molecule is CN1CCN(Cc2ccc(Oc3ccc(-c4ccn[nH]4)cn3)cn2)CC1. The average Bonchev–Trinajstić information content (AvgIpc) is 3.21. The van der Waals surface area contributed by atoms with Crippen LogP contribution < -0.4 is 4.74 Å². The first-order valence-corrected chi connectivity index (χ1v) is 8.76. The second-order valence-electron chi connectivity index (χ2n) is 6.52. The number of ether oxygens (including phenoxy) is 1. The van der Waals surface area contributed by atoms with E-state index in [2.05, 4.69) is 37.0 Å². The first kappa shape index (κ1) is 16.7. The second-order valence-corrected chi connectivity index (χ2v) is 6.52. The first-order chi connectivity index (χ1) is 12.8. The Morgan fingerprint density at radius 2 is 1.88 bits per heavy atom. The van der Waals surface area contributed by atoms with E-state index in [4.69, 9.17) is 4.74 Å². The maximum atomic E-state index is 5.79. The Bertz CT molecular complexity index is 808. The van der Waals surface area contributed by atoms with Gasteiger partial charge in [-0.3, -0.25) is 15.0 Å². The number of H-pyrrole nitrogens is 1. The first-order valence-electron chi connectivity index (χ1n) is 8.76. The highest BCUT2D eigenvalue weighted by Gasteiger charge is 2.14. The van der Waals surface area contributed by atoms with Crippen molar-refractivity contribution in [3.8, 4) is 22.9 Å². The smallest absolute Gasteiger partial charge is 0.219 e. The number of aromatic amines is 1. The van der Waals surface area contributed by atoms with Gasteiger partial charge in [0.05, 0.1) is 17.6 Å². The molecule has 1 saturated heterocycles. The number of pyridine rings is 2. The molecule has 0 amide bonds. The lowest BCUT2D eigenvalue weighted by Gasteiger charge is -2.32. The summed E-state index contributed by atoms with van der Waals surface area (Å²) in [6.45, 7) is 5.28. The van der Waals surface area contributed by atoms with E-state index in [1.54, 1.807) is 18.6 Å². The van der Waals surface area contributed by atoms with E-state index in [-0.39, 0.29) is 0 Å². The summed E-state index contributed by atoms with van der Waals surface area (Å²) in [5.74, 6) is 1.23. The van der Waals surface area contributed by atoms with Crippen molar-refractivity contribution in [3.05, 3.63) is 54.6 Å². The molecule has 7 nitrogen and oxygen atoms in total. The van der Waals surface area contributed by atoms with Crippen LogP contribution in [0.15, 0.2) is 48.9 Å². The minimum absolute atomic E-state index is 0.543. The number of nitrogens with zero attached hydrogens (tertiary/aromatic N) is 5. The van der Waals surface area contributed by atoms with Gasteiger partial charge in [-0.05, 0) is 31.3 Å². The maximum absolute atomic E-state index is 5.79. The molecule has 0 aromatic carbocycles. The highest BCUT2D eigenvalue weighted by atomic mass is 16.5. The minimum Gasteiger partial charge on any atom is -0.437 e. The minimum atomic E-state index is 0.543. The molecule has 0 radical (unpaired) electrons. The van der Waals surface area contributed by atoms with E-state index in [0.717, 1.165) is 49.7 Å². The molecule has 26 heavy (non-hydrogen) atoms. The van der Waals surface area contributed by atoms with Crippen LogP contribution in [0.5, 0.6) is 11.6 Å². The lowest BCUT2D eigenvalue weighted by Crippen LogP contribution is -2.43. The van der Waals surface area contributed by atoms with E-state index in [0.29, 0.717) is 11.6 Å². The van der Waals surface area contributed by atoms with Crippen LogP contribution in [-0.2, 0) is 6.54 Å². The summed E-state index contributed by atoms with van der Waals surface area (Å²) in [5, 5.41) is 6.86. The fourth-order valence-electron chi connectivity index (χ4n) is 2.94. The van der Waals surface area contributed by atoms with Crippen molar-refractivity contribution in [1.29, 1.82) is 0 Å². The molecular weight excluding hydrogens is 328 g/mol. The molecule has 0 aliphatic carbocycles. The van der Waals surface area contributed by atoms with Crippen LogP contribution in [0.1, 0.15) is 5.69 Å². The molecule has 134 valence electrons. The Balaban J connectivity index is 1.35. The molecule has 0 unspecified atom stereocenters. The van der Waals surface area contributed by atoms with Gasteiger partial charge in [-0.2, -0.15) is 5.10 Å². The fraction of sp³-hybridized carbons (Fsp3) is 0.316. The summed E-state index contributed by atoms with van der Waals surface area (Å²) >= 11 is 0. The molecular formula is C19H22N6O. The van der Waals surface area contributed by atoms with Gasteiger partial charge in [0.15, 0.2) is 0 Å². The largest absolute Gasteiger partial charge is 0.437 e. The molecule has 7 heteroatoms. The van der Waals surface area contributed by atoms with E-state index < -0.39 is 0 Å². The van der Waals surface area contributed by atoms with Crippen molar-refractivity contribution in [2.24, 2.45) is 0 Å². The maximum Gasteiger partial charge on any atom is 0.219 e.